The van der Waals surface area contributed by atoms with E-state index in [1.54, 1.807) is 19.9 Å². The second-order valence-corrected chi connectivity index (χ2v) is 11.2. The highest BCUT2D eigenvalue weighted by Crippen LogP contribution is 2.24. The van der Waals surface area contributed by atoms with Gasteiger partial charge in [0.2, 0.25) is 29.5 Å². The predicted molar refractivity (Wildman–Crippen MR) is 173 cm³/mol. The van der Waals surface area contributed by atoms with Crippen molar-refractivity contribution in [3.05, 3.63) is 34.2 Å². The molecular weight excluding hydrogens is 648 g/mol. The minimum absolute atomic E-state index is 0.00637. The van der Waals surface area contributed by atoms with Gasteiger partial charge in [-0.25, -0.2) is 0 Å². The van der Waals surface area contributed by atoms with Crippen LogP contribution in [-0.2, 0) is 44.7 Å². The Hall–Kier alpha value is -5.13. The van der Waals surface area contributed by atoms with Crippen LogP contribution in [0.3, 0.4) is 0 Å². The molecule has 0 aromatic heterocycles. The average molecular weight is 695 g/mol. The summed E-state index contributed by atoms with van der Waals surface area (Å²) in [7, 11) is 0. The lowest BCUT2D eigenvalue weighted by atomic mass is 10.0. The van der Waals surface area contributed by atoms with E-state index in [9.17, 15) is 44.1 Å². The van der Waals surface area contributed by atoms with Crippen LogP contribution in [0.2, 0.25) is 0 Å². The fraction of sp³-hybridized carbons (Fsp3) is 0.600. The summed E-state index contributed by atoms with van der Waals surface area (Å²) in [5.41, 5.74) is 8.83. The van der Waals surface area contributed by atoms with Gasteiger partial charge in [-0.05, 0) is 42.0 Å². The number of phenolic OH excluding ortho intramolecular Hbond substituents is 2. The number of nitrogens with zero attached hydrogens (tertiary/aromatic N) is 3. The molecule has 3 atom stereocenters. The van der Waals surface area contributed by atoms with E-state index in [4.69, 9.17) is 15.0 Å². The quantitative estimate of drug-likeness (QED) is 0.0226. The van der Waals surface area contributed by atoms with Crippen LogP contribution >= 0.6 is 0 Å². The third kappa shape index (κ3) is 18.7. The van der Waals surface area contributed by atoms with Crippen molar-refractivity contribution in [3.8, 4) is 11.5 Å². The van der Waals surface area contributed by atoms with Crippen molar-refractivity contribution in [2.24, 2.45) is 11.0 Å². The van der Waals surface area contributed by atoms with Gasteiger partial charge in [0.1, 0.15) is 18.1 Å². The van der Waals surface area contributed by atoms with Crippen LogP contribution < -0.4 is 26.6 Å². The smallest absolute Gasteiger partial charge is 0.305 e. The molecule has 1 aromatic rings. The number of aromatic hydroxyl groups is 2. The van der Waals surface area contributed by atoms with Crippen molar-refractivity contribution in [2.45, 2.75) is 64.6 Å². The average Bonchev–Trinajstić information content (AvgIpc) is 3.01. The Labute approximate surface area is 283 Å². The van der Waals surface area contributed by atoms with Crippen molar-refractivity contribution in [2.75, 3.05) is 46.1 Å². The first-order chi connectivity index (χ1) is 23.2. The zero-order valence-electron chi connectivity index (χ0n) is 27.8. The number of carbonyl (C=O) groups excluding carboxylic acids is 5. The summed E-state index contributed by atoms with van der Waals surface area (Å²) in [5.74, 6) is -5.82. The molecule has 0 unspecified atom stereocenters. The van der Waals surface area contributed by atoms with E-state index < -0.39 is 66.5 Å². The number of phenols is 2. The number of carboxylic acids is 1. The predicted octanol–water partition coefficient (Wildman–Crippen LogP) is -0.399. The standard InChI is InChI=1S/C30H46N8O11/c1-18(2)14-21(29(46)37-23(17-27(43)44)28(45)33-8-10-48-12-13-49-11-9-34-38-31)36-30(47)22(35-19(3)39)16-26(42)32-7-6-20-4-5-24(40)25(41)15-20/h4-5,15,18,21-23,40-41H,6-14,16-17H2,1-3H3,(H,32,42)(H,33,45)(H,35,39)(H,36,47)(H,37,46)(H,43,44)/t21-,22+,23+/m1/s1. The zero-order valence-corrected chi connectivity index (χ0v) is 27.8. The van der Waals surface area contributed by atoms with Crippen LogP contribution in [0.5, 0.6) is 11.5 Å². The van der Waals surface area contributed by atoms with Gasteiger partial charge >= 0.3 is 5.97 Å². The molecule has 0 saturated heterocycles. The Kier molecular flexibility index (Phi) is 19.9. The molecule has 19 heteroatoms. The Bertz CT molecular complexity index is 1320. The molecular formula is C30H46N8O11. The lowest BCUT2D eigenvalue weighted by Gasteiger charge is -2.25. The Morgan fingerprint density at radius 1 is 0.816 bits per heavy atom. The van der Waals surface area contributed by atoms with E-state index >= 15 is 0 Å². The summed E-state index contributed by atoms with van der Waals surface area (Å²) >= 11 is 0. The molecule has 19 nitrogen and oxygen atoms in total. The first-order valence-corrected chi connectivity index (χ1v) is 15.5. The number of amides is 5. The minimum Gasteiger partial charge on any atom is -0.504 e. The lowest BCUT2D eigenvalue weighted by molar-refractivity contribution is -0.141. The number of benzene rings is 1. The summed E-state index contributed by atoms with van der Waals surface area (Å²) in [5, 5.41) is 44.1. The molecule has 1 aromatic carbocycles. The molecule has 0 saturated carbocycles. The normalized spacial score (nSPS) is 12.5. The van der Waals surface area contributed by atoms with Crippen LogP contribution in [0.1, 0.15) is 45.6 Å². The molecule has 8 N–H and O–H groups in total. The van der Waals surface area contributed by atoms with Crippen molar-refractivity contribution < 1.29 is 53.6 Å². The molecule has 272 valence electrons. The van der Waals surface area contributed by atoms with Crippen molar-refractivity contribution >= 4 is 35.5 Å². The highest BCUT2D eigenvalue weighted by Gasteiger charge is 2.31. The van der Waals surface area contributed by atoms with Gasteiger partial charge < -0.3 is 51.4 Å². The number of hydrogen-bond acceptors (Lipinski definition) is 11. The summed E-state index contributed by atoms with van der Waals surface area (Å²) in [6, 6.07) is 0.0929. The first-order valence-electron chi connectivity index (χ1n) is 15.5. The van der Waals surface area contributed by atoms with Gasteiger partial charge in [0.05, 0.1) is 39.3 Å². The maximum atomic E-state index is 13.3. The van der Waals surface area contributed by atoms with E-state index in [-0.39, 0.29) is 69.9 Å². The highest BCUT2D eigenvalue weighted by molar-refractivity contribution is 5.96. The number of carboxylic acid groups (broad SMARTS) is 1. The molecule has 0 aliphatic carbocycles. The number of azide groups is 1. The molecule has 0 aliphatic rings. The summed E-state index contributed by atoms with van der Waals surface area (Å²) in [6.45, 7) is 5.66. The van der Waals surface area contributed by atoms with Crippen LogP contribution in [0.25, 0.3) is 10.4 Å². The number of aliphatic carboxylic acids is 1. The molecule has 0 fully saturated rings. The Balaban J connectivity index is 2.79. The maximum absolute atomic E-state index is 13.3. The number of hydrogen-bond donors (Lipinski definition) is 8. The second-order valence-electron chi connectivity index (χ2n) is 11.2. The van der Waals surface area contributed by atoms with Gasteiger partial charge in [0, 0.05) is 31.5 Å². The maximum Gasteiger partial charge on any atom is 0.305 e. The molecule has 49 heavy (non-hydrogen) atoms. The lowest BCUT2D eigenvalue weighted by Crippen LogP contribution is -2.57. The fourth-order valence-corrected chi connectivity index (χ4v) is 4.26. The summed E-state index contributed by atoms with van der Waals surface area (Å²) in [4.78, 5) is 77.8. The monoisotopic (exact) mass is 694 g/mol. The Morgan fingerprint density at radius 3 is 2.06 bits per heavy atom. The van der Waals surface area contributed by atoms with Crippen molar-refractivity contribution in [1.29, 1.82) is 0 Å². The SMILES string of the molecule is CC(=O)N[C@@H](CC(=O)NCCc1ccc(O)c(O)c1)C(=O)N[C@H](CC(C)C)C(=O)N[C@@H](CC(=O)O)C(=O)NCCOCCOCCN=[N+]=[N-]. The zero-order chi connectivity index (χ0) is 36.8. The number of ether oxygens (including phenoxy) is 2. The first kappa shape index (κ1) is 41.9. The molecule has 1 rings (SSSR count). The van der Waals surface area contributed by atoms with Gasteiger partial charge in [-0.15, -0.1) is 0 Å². The molecule has 5 amide bonds. The van der Waals surface area contributed by atoms with Crippen LogP contribution in [0.15, 0.2) is 23.3 Å². The van der Waals surface area contributed by atoms with Gasteiger partial charge in [-0.1, -0.05) is 25.0 Å². The molecule has 0 aliphatic heterocycles. The van der Waals surface area contributed by atoms with Gasteiger partial charge in [0.15, 0.2) is 11.5 Å². The second kappa shape index (κ2) is 23.2. The van der Waals surface area contributed by atoms with Crippen LogP contribution in [0.4, 0.5) is 0 Å². The third-order valence-electron chi connectivity index (χ3n) is 6.53. The van der Waals surface area contributed by atoms with E-state index in [0.29, 0.717) is 12.0 Å². The number of carbonyl (C=O) groups is 6. The molecule has 0 heterocycles. The van der Waals surface area contributed by atoms with Gasteiger partial charge in [0.25, 0.3) is 0 Å². The van der Waals surface area contributed by atoms with E-state index in [1.165, 1.54) is 12.1 Å². The fourth-order valence-electron chi connectivity index (χ4n) is 4.26. The van der Waals surface area contributed by atoms with Crippen molar-refractivity contribution in [1.82, 2.24) is 26.6 Å². The van der Waals surface area contributed by atoms with Crippen LogP contribution in [0, 0.1) is 5.92 Å². The van der Waals surface area contributed by atoms with Crippen LogP contribution in [-0.4, -0.2) is 115 Å². The largest absolute Gasteiger partial charge is 0.504 e. The number of rotatable bonds is 24. The van der Waals surface area contributed by atoms with Crippen molar-refractivity contribution in [3.63, 3.8) is 0 Å². The summed E-state index contributed by atoms with van der Waals surface area (Å²) < 4.78 is 10.5. The van der Waals surface area contributed by atoms with Gasteiger partial charge in [-0.2, -0.15) is 0 Å². The molecule has 0 radical (unpaired) electrons. The van der Waals surface area contributed by atoms with Gasteiger partial charge in [-0.3, -0.25) is 28.8 Å². The highest BCUT2D eigenvalue weighted by atomic mass is 16.5. The topological polar surface area (TPSA) is 290 Å². The third-order valence-corrected chi connectivity index (χ3v) is 6.53. The van der Waals surface area contributed by atoms with E-state index in [0.717, 1.165) is 6.92 Å². The molecule has 0 spiro atoms. The molecule has 0 bridgehead atoms. The van der Waals surface area contributed by atoms with E-state index in [2.05, 4.69) is 36.6 Å². The Morgan fingerprint density at radius 2 is 1.45 bits per heavy atom. The number of nitrogens with one attached hydrogen (secondary N) is 5. The van der Waals surface area contributed by atoms with E-state index in [1.807, 2.05) is 0 Å². The summed E-state index contributed by atoms with van der Waals surface area (Å²) in [6.07, 6.45) is -0.855. The minimum atomic E-state index is -1.49.